The topological polar surface area (TPSA) is 87.5 Å². The summed E-state index contributed by atoms with van der Waals surface area (Å²) in [5.41, 5.74) is 1.82. The standard InChI is InChI=1S/C18H24N4O3/c1-5-22(14(4)23)11-15-7-6-8-16(10-15)19-13(3)18(24)20-17-9-12(2)25-21-17/h6-10,13,19H,5,11H2,1-4H3,(H,20,21,24)/t13-/m0/s1. The number of carbonyl (C=O) groups excluding carboxylic acids is 2. The Labute approximate surface area is 147 Å². The Morgan fingerprint density at radius 2 is 2.08 bits per heavy atom. The van der Waals surface area contributed by atoms with Crippen molar-refractivity contribution in [3.05, 3.63) is 41.7 Å². The third kappa shape index (κ3) is 5.34. The molecule has 2 N–H and O–H groups in total. The van der Waals surface area contributed by atoms with Crippen molar-refractivity contribution >= 4 is 23.3 Å². The van der Waals surface area contributed by atoms with Crippen molar-refractivity contribution in [3.8, 4) is 0 Å². The summed E-state index contributed by atoms with van der Waals surface area (Å²) < 4.78 is 4.93. The lowest BCUT2D eigenvalue weighted by atomic mass is 10.1. The minimum atomic E-state index is -0.456. The molecule has 0 fully saturated rings. The predicted molar refractivity (Wildman–Crippen MR) is 96.2 cm³/mol. The Balaban J connectivity index is 1.98. The molecule has 25 heavy (non-hydrogen) atoms. The Bertz CT molecular complexity index is 741. The summed E-state index contributed by atoms with van der Waals surface area (Å²) in [6, 6.07) is 8.89. The summed E-state index contributed by atoms with van der Waals surface area (Å²) in [6.07, 6.45) is 0. The zero-order valence-electron chi connectivity index (χ0n) is 15.0. The van der Waals surface area contributed by atoms with Gasteiger partial charge in [0, 0.05) is 31.8 Å². The maximum absolute atomic E-state index is 12.2. The number of hydrogen-bond donors (Lipinski definition) is 2. The van der Waals surface area contributed by atoms with Crippen LogP contribution in [0.5, 0.6) is 0 Å². The average Bonchev–Trinajstić information content (AvgIpc) is 2.97. The molecule has 0 unspecified atom stereocenters. The van der Waals surface area contributed by atoms with Gasteiger partial charge in [-0.1, -0.05) is 17.3 Å². The molecule has 7 nitrogen and oxygen atoms in total. The number of anilines is 2. The summed E-state index contributed by atoms with van der Waals surface area (Å²) in [5.74, 6) is 0.855. The largest absolute Gasteiger partial charge is 0.374 e. The molecule has 0 aliphatic heterocycles. The highest BCUT2D eigenvalue weighted by atomic mass is 16.5. The number of rotatable bonds is 7. The Morgan fingerprint density at radius 1 is 1.32 bits per heavy atom. The highest BCUT2D eigenvalue weighted by Gasteiger charge is 2.15. The first-order valence-electron chi connectivity index (χ1n) is 8.24. The van der Waals surface area contributed by atoms with E-state index in [4.69, 9.17) is 4.52 Å². The van der Waals surface area contributed by atoms with Gasteiger partial charge in [0.25, 0.3) is 0 Å². The van der Waals surface area contributed by atoms with E-state index in [2.05, 4.69) is 15.8 Å². The molecule has 7 heteroatoms. The van der Waals surface area contributed by atoms with E-state index in [0.29, 0.717) is 24.7 Å². The fraction of sp³-hybridized carbons (Fsp3) is 0.389. The molecule has 0 radical (unpaired) electrons. The zero-order chi connectivity index (χ0) is 18.4. The van der Waals surface area contributed by atoms with E-state index < -0.39 is 6.04 Å². The van der Waals surface area contributed by atoms with Crippen molar-refractivity contribution in [2.75, 3.05) is 17.2 Å². The maximum atomic E-state index is 12.2. The van der Waals surface area contributed by atoms with Crippen LogP contribution in [-0.4, -0.2) is 34.5 Å². The fourth-order valence-corrected chi connectivity index (χ4v) is 2.40. The Kier molecular flexibility index (Phi) is 6.16. The lowest BCUT2D eigenvalue weighted by Crippen LogP contribution is -2.32. The first-order valence-corrected chi connectivity index (χ1v) is 8.24. The van der Waals surface area contributed by atoms with E-state index in [9.17, 15) is 9.59 Å². The van der Waals surface area contributed by atoms with Crippen LogP contribution >= 0.6 is 0 Å². The maximum Gasteiger partial charge on any atom is 0.247 e. The highest BCUT2D eigenvalue weighted by Crippen LogP contribution is 2.15. The van der Waals surface area contributed by atoms with Crippen LogP contribution in [0.25, 0.3) is 0 Å². The van der Waals surface area contributed by atoms with E-state index in [1.807, 2.05) is 31.2 Å². The monoisotopic (exact) mass is 344 g/mol. The molecule has 0 bridgehead atoms. The van der Waals surface area contributed by atoms with E-state index >= 15 is 0 Å². The third-order valence-corrected chi connectivity index (χ3v) is 3.78. The summed E-state index contributed by atoms with van der Waals surface area (Å²) in [4.78, 5) is 25.5. The number of amides is 2. The SMILES string of the molecule is CCN(Cc1cccc(N[C@@H](C)C(=O)Nc2cc(C)on2)c1)C(C)=O. The number of aryl methyl sites for hydroxylation is 1. The zero-order valence-corrected chi connectivity index (χ0v) is 15.0. The van der Waals surface area contributed by atoms with Gasteiger partial charge in [-0.25, -0.2) is 0 Å². The number of nitrogens with one attached hydrogen (secondary N) is 2. The van der Waals surface area contributed by atoms with Crippen molar-refractivity contribution in [2.24, 2.45) is 0 Å². The van der Waals surface area contributed by atoms with Gasteiger partial charge in [0.05, 0.1) is 0 Å². The third-order valence-electron chi connectivity index (χ3n) is 3.78. The highest BCUT2D eigenvalue weighted by molar-refractivity contribution is 5.95. The molecule has 0 aliphatic rings. The molecular formula is C18H24N4O3. The molecule has 134 valence electrons. The van der Waals surface area contributed by atoms with E-state index in [1.165, 1.54) is 0 Å². The minimum absolute atomic E-state index is 0.0384. The molecule has 0 spiro atoms. The summed E-state index contributed by atoms with van der Waals surface area (Å²) in [6.45, 7) is 8.23. The van der Waals surface area contributed by atoms with Crippen LogP contribution in [0.2, 0.25) is 0 Å². The molecule has 0 aliphatic carbocycles. The van der Waals surface area contributed by atoms with Gasteiger partial charge in [0.15, 0.2) is 5.82 Å². The molecule has 2 rings (SSSR count). The summed E-state index contributed by atoms with van der Waals surface area (Å²) >= 11 is 0. The number of benzene rings is 1. The average molecular weight is 344 g/mol. The van der Waals surface area contributed by atoms with Crippen molar-refractivity contribution in [1.29, 1.82) is 0 Å². The Morgan fingerprint density at radius 3 is 2.68 bits per heavy atom. The molecule has 1 aromatic heterocycles. The van der Waals surface area contributed by atoms with Gasteiger partial charge in [-0.3, -0.25) is 9.59 Å². The van der Waals surface area contributed by atoms with E-state index in [1.54, 1.807) is 31.7 Å². The number of hydrogen-bond acceptors (Lipinski definition) is 5. The second kappa shape index (κ2) is 8.32. The molecule has 1 atom stereocenters. The molecule has 2 aromatic rings. The second-order valence-electron chi connectivity index (χ2n) is 5.91. The summed E-state index contributed by atoms with van der Waals surface area (Å²) in [7, 11) is 0. The van der Waals surface area contributed by atoms with Crippen LogP contribution in [0.4, 0.5) is 11.5 Å². The molecule has 1 heterocycles. The minimum Gasteiger partial charge on any atom is -0.374 e. The lowest BCUT2D eigenvalue weighted by molar-refractivity contribution is -0.129. The van der Waals surface area contributed by atoms with Gasteiger partial charge in [-0.05, 0) is 38.5 Å². The smallest absolute Gasteiger partial charge is 0.247 e. The first kappa shape index (κ1) is 18.5. The van der Waals surface area contributed by atoms with Crippen LogP contribution in [0.3, 0.4) is 0 Å². The predicted octanol–water partition coefficient (Wildman–Crippen LogP) is 2.79. The summed E-state index contributed by atoms with van der Waals surface area (Å²) in [5, 5.41) is 9.60. The molecule has 0 saturated carbocycles. The molecule has 0 saturated heterocycles. The Hall–Kier alpha value is -2.83. The van der Waals surface area contributed by atoms with Crippen LogP contribution in [0, 0.1) is 6.92 Å². The quantitative estimate of drug-likeness (QED) is 0.806. The van der Waals surface area contributed by atoms with Gasteiger partial charge in [0.1, 0.15) is 11.8 Å². The number of aromatic nitrogens is 1. The normalized spacial score (nSPS) is 11.7. The van der Waals surface area contributed by atoms with Gasteiger partial charge < -0.3 is 20.1 Å². The van der Waals surface area contributed by atoms with Gasteiger partial charge >= 0.3 is 0 Å². The van der Waals surface area contributed by atoms with E-state index in [0.717, 1.165) is 11.3 Å². The van der Waals surface area contributed by atoms with Gasteiger partial charge in [0.2, 0.25) is 11.8 Å². The van der Waals surface area contributed by atoms with Crippen molar-refractivity contribution in [2.45, 2.75) is 40.3 Å². The molecule has 1 aromatic carbocycles. The number of carbonyl (C=O) groups is 2. The van der Waals surface area contributed by atoms with Gasteiger partial charge in [-0.2, -0.15) is 0 Å². The molecule has 2 amide bonds. The van der Waals surface area contributed by atoms with E-state index in [-0.39, 0.29) is 11.8 Å². The van der Waals surface area contributed by atoms with Crippen LogP contribution in [-0.2, 0) is 16.1 Å². The van der Waals surface area contributed by atoms with Gasteiger partial charge in [-0.15, -0.1) is 0 Å². The van der Waals surface area contributed by atoms with Crippen molar-refractivity contribution in [3.63, 3.8) is 0 Å². The lowest BCUT2D eigenvalue weighted by Gasteiger charge is -2.20. The van der Waals surface area contributed by atoms with Crippen molar-refractivity contribution in [1.82, 2.24) is 10.1 Å². The van der Waals surface area contributed by atoms with Crippen LogP contribution in [0.15, 0.2) is 34.9 Å². The fourth-order valence-electron chi connectivity index (χ4n) is 2.40. The first-order chi connectivity index (χ1) is 11.9. The van der Waals surface area contributed by atoms with Crippen LogP contribution < -0.4 is 10.6 Å². The van der Waals surface area contributed by atoms with Crippen LogP contribution in [0.1, 0.15) is 32.1 Å². The van der Waals surface area contributed by atoms with Crippen molar-refractivity contribution < 1.29 is 14.1 Å². The second-order valence-corrected chi connectivity index (χ2v) is 5.91. The number of nitrogens with zero attached hydrogens (tertiary/aromatic N) is 2. The molecular weight excluding hydrogens is 320 g/mol.